The second kappa shape index (κ2) is 10.2. The first kappa shape index (κ1) is 25.5. The van der Waals surface area contributed by atoms with Gasteiger partial charge in [0.15, 0.2) is 11.5 Å². The first-order chi connectivity index (χ1) is 16.7. The van der Waals surface area contributed by atoms with E-state index >= 15 is 0 Å². The number of hydrogen-bond acceptors (Lipinski definition) is 8. The SMILES string of the molecule is CC[C@H](O)C(=O)N1C[C@@H](c2ccc(OC)c(OC3CN(c4cc(Cl)ncn4)C3)c2)[C@](C)([C@@H](C)O)C1. The Morgan fingerprint density at radius 1 is 1.23 bits per heavy atom. The van der Waals surface area contributed by atoms with Crippen molar-refractivity contribution in [2.24, 2.45) is 5.41 Å². The molecule has 2 aliphatic heterocycles. The predicted molar refractivity (Wildman–Crippen MR) is 132 cm³/mol. The summed E-state index contributed by atoms with van der Waals surface area (Å²) >= 11 is 5.97. The standard InChI is InChI=1S/C25H33ClN4O5/c1-5-19(32)24(33)30-12-18(25(3,13-30)15(2)31)16-6-7-20(34-4)21(8-16)35-17-10-29(11-17)23-9-22(26)27-14-28-23/h6-9,14-15,17-19,31-32H,5,10-13H2,1-4H3/t15-,18+,19+,25+/m1/s1. The van der Waals surface area contributed by atoms with Gasteiger partial charge in [-0.25, -0.2) is 9.97 Å². The first-order valence-electron chi connectivity index (χ1n) is 11.9. The normalized spacial score (nSPS) is 24.1. The number of likely N-dealkylation sites (tertiary alicyclic amines) is 1. The van der Waals surface area contributed by atoms with Gasteiger partial charge in [-0.3, -0.25) is 4.79 Å². The third-order valence-electron chi connectivity index (χ3n) is 7.34. The molecule has 2 N–H and O–H groups in total. The van der Waals surface area contributed by atoms with Crippen LogP contribution in [0.15, 0.2) is 30.6 Å². The fraction of sp³-hybridized carbons (Fsp3) is 0.560. The molecule has 2 saturated heterocycles. The lowest BCUT2D eigenvalue weighted by molar-refractivity contribution is -0.139. The maximum Gasteiger partial charge on any atom is 0.251 e. The molecular weight excluding hydrogens is 472 g/mol. The van der Waals surface area contributed by atoms with Gasteiger partial charge in [-0.2, -0.15) is 0 Å². The summed E-state index contributed by atoms with van der Waals surface area (Å²) in [7, 11) is 1.60. The number of halogens is 1. The molecule has 4 atom stereocenters. The Morgan fingerprint density at radius 3 is 2.60 bits per heavy atom. The molecule has 0 spiro atoms. The number of rotatable bonds is 8. The van der Waals surface area contributed by atoms with Crippen molar-refractivity contribution in [3.8, 4) is 11.5 Å². The van der Waals surface area contributed by atoms with E-state index in [2.05, 4.69) is 14.9 Å². The summed E-state index contributed by atoms with van der Waals surface area (Å²) in [6.07, 6.45) is 0.0407. The number of benzene rings is 1. The number of anilines is 1. The second-order valence-electron chi connectivity index (χ2n) is 9.63. The molecule has 1 amide bonds. The Balaban J connectivity index is 1.53. The lowest BCUT2D eigenvalue weighted by atomic mass is 9.72. The molecule has 2 aliphatic rings. The van der Waals surface area contributed by atoms with Crippen LogP contribution < -0.4 is 14.4 Å². The summed E-state index contributed by atoms with van der Waals surface area (Å²) in [6, 6.07) is 7.48. The lowest BCUT2D eigenvalue weighted by Crippen LogP contribution is -2.54. The van der Waals surface area contributed by atoms with Gasteiger partial charge in [-0.1, -0.05) is 31.5 Å². The van der Waals surface area contributed by atoms with E-state index in [-0.39, 0.29) is 17.9 Å². The van der Waals surface area contributed by atoms with Crippen LogP contribution in [-0.4, -0.2) is 82.6 Å². The molecule has 2 aromatic rings. The Labute approximate surface area is 210 Å². The second-order valence-corrected chi connectivity index (χ2v) is 10.0. The van der Waals surface area contributed by atoms with Crippen molar-refractivity contribution in [2.75, 3.05) is 38.2 Å². The van der Waals surface area contributed by atoms with E-state index in [4.69, 9.17) is 21.1 Å². The first-order valence-corrected chi connectivity index (χ1v) is 12.3. The molecule has 0 unspecified atom stereocenters. The number of aliphatic hydroxyl groups excluding tert-OH is 2. The van der Waals surface area contributed by atoms with Crippen LogP contribution >= 0.6 is 11.6 Å². The van der Waals surface area contributed by atoms with Crippen LogP contribution in [0.5, 0.6) is 11.5 Å². The average Bonchev–Trinajstić information content (AvgIpc) is 3.18. The third kappa shape index (κ3) is 5.03. The molecular formula is C25H33ClN4O5. The van der Waals surface area contributed by atoms with Crippen LogP contribution in [0.3, 0.4) is 0 Å². The highest BCUT2D eigenvalue weighted by atomic mass is 35.5. The van der Waals surface area contributed by atoms with E-state index in [1.807, 2.05) is 25.1 Å². The van der Waals surface area contributed by atoms with Crippen molar-refractivity contribution in [2.45, 2.75) is 51.4 Å². The van der Waals surface area contributed by atoms with Gasteiger partial charge in [0.1, 0.15) is 29.5 Å². The maximum atomic E-state index is 12.7. The molecule has 2 fully saturated rings. The minimum absolute atomic E-state index is 0.0580. The summed E-state index contributed by atoms with van der Waals surface area (Å²) in [4.78, 5) is 24.6. The summed E-state index contributed by atoms with van der Waals surface area (Å²) in [5, 5.41) is 21.2. The number of carbonyl (C=O) groups excluding carboxylic acids is 1. The fourth-order valence-electron chi connectivity index (χ4n) is 4.86. The zero-order valence-electron chi connectivity index (χ0n) is 20.5. The minimum atomic E-state index is -1.03. The van der Waals surface area contributed by atoms with Crippen molar-refractivity contribution >= 4 is 23.3 Å². The van der Waals surface area contributed by atoms with Gasteiger partial charge in [0, 0.05) is 30.5 Å². The van der Waals surface area contributed by atoms with Crippen molar-refractivity contribution in [1.82, 2.24) is 14.9 Å². The molecule has 0 saturated carbocycles. The van der Waals surface area contributed by atoms with E-state index in [0.29, 0.717) is 49.3 Å². The van der Waals surface area contributed by atoms with Gasteiger partial charge in [-0.15, -0.1) is 0 Å². The lowest BCUT2D eigenvalue weighted by Gasteiger charge is -2.40. The number of ether oxygens (including phenoxy) is 2. The highest BCUT2D eigenvalue weighted by molar-refractivity contribution is 6.29. The van der Waals surface area contributed by atoms with Crippen molar-refractivity contribution < 1.29 is 24.5 Å². The van der Waals surface area contributed by atoms with Crippen LogP contribution in [0.4, 0.5) is 5.82 Å². The Bertz CT molecular complexity index is 1060. The number of nitrogens with zero attached hydrogens (tertiary/aromatic N) is 4. The smallest absolute Gasteiger partial charge is 0.251 e. The summed E-state index contributed by atoms with van der Waals surface area (Å²) in [5.41, 5.74) is 0.374. The molecule has 9 nitrogen and oxygen atoms in total. The van der Waals surface area contributed by atoms with Crippen molar-refractivity contribution in [3.05, 3.63) is 41.3 Å². The van der Waals surface area contributed by atoms with Crippen LogP contribution in [0, 0.1) is 5.41 Å². The van der Waals surface area contributed by atoms with Gasteiger partial charge in [0.2, 0.25) is 0 Å². The van der Waals surface area contributed by atoms with E-state index in [0.717, 1.165) is 11.4 Å². The van der Waals surface area contributed by atoms with Crippen LogP contribution in [0.1, 0.15) is 38.7 Å². The average molecular weight is 505 g/mol. The van der Waals surface area contributed by atoms with Gasteiger partial charge in [0.25, 0.3) is 5.91 Å². The molecule has 10 heteroatoms. The third-order valence-corrected chi connectivity index (χ3v) is 7.55. The zero-order valence-corrected chi connectivity index (χ0v) is 21.3. The van der Waals surface area contributed by atoms with Gasteiger partial charge < -0.3 is 29.5 Å². The maximum absolute atomic E-state index is 12.7. The van der Waals surface area contributed by atoms with Gasteiger partial charge in [0.05, 0.1) is 26.3 Å². The largest absolute Gasteiger partial charge is 0.493 e. The number of aliphatic hydroxyl groups is 2. The van der Waals surface area contributed by atoms with Crippen LogP contribution in [-0.2, 0) is 4.79 Å². The Morgan fingerprint density at radius 2 is 1.97 bits per heavy atom. The fourth-order valence-corrected chi connectivity index (χ4v) is 5.00. The minimum Gasteiger partial charge on any atom is -0.493 e. The van der Waals surface area contributed by atoms with Gasteiger partial charge in [-0.05, 0) is 31.0 Å². The topological polar surface area (TPSA) is 108 Å². The molecule has 3 heterocycles. The number of methoxy groups -OCH3 is 1. The molecule has 35 heavy (non-hydrogen) atoms. The summed E-state index contributed by atoms with van der Waals surface area (Å²) in [5.74, 6) is 1.55. The monoisotopic (exact) mass is 504 g/mol. The molecule has 4 rings (SSSR count). The molecule has 1 aromatic carbocycles. The van der Waals surface area contributed by atoms with Gasteiger partial charge >= 0.3 is 0 Å². The highest BCUT2D eigenvalue weighted by Crippen LogP contribution is 2.47. The quantitative estimate of drug-likeness (QED) is 0.528. The summed E-state index contributed by atoms with van der Waals surface area (Å²) in [6.45, 7) is 7.58. The number of amides is 1. The highest BCUT2D eigenvalue weighted by Gasteiger charge is 2.49. The van der Waals surface area contributed by atoms with Crippen LogP contribution in [0.25, 0.3) is 0 Å². The number of aromatic nitrogens is 2. The Kier molecular flexibility index (Phi) is 7.40. The molecule has 0 bridgehead atoms. The molecule has 190 valence electrons. The predicted octanol–water partition coefficient (Wildman–Crippen LogP) is 2.49. The molecule has 1 aromatic heterocycles. The van der Waals surface area contributed by atoms with E-state index < -0.39 is 17.6 Å². The van der Waals surface area contributed by atoms with Crippen molar-refractivity contribution in [1.29, 1.82) is 0 Å². The van der Waals surface area contributed by atoms with Crippen LogP contribution in [0.2, 0.25) is 5.15 Å². The van der Waals surface area contributed by atoms with E-state index in [1.54, 1.807) is 31.9 Å². The number of carbonyl (C=O) groups is 1. The molecule has 0 aliphatic carbocycles. The van der Waals surface area contributed by atoms with Crippen molar-refractivity contribution in [3.63, 3.8) is 0 Å². The van der Waals surface area contributed by atoms with E-state index in [1.165, 1.54) is 6.33 Å². The number of hydrogen-bond donors (Lipinski definition) is 2. The zero-order chi connectivity index (χ0) is 25.3. The summed E-state index contributed by atoms with van der Waals surface area (Å²) < 4.78 is 11.8. The Hall–Kier alpha value is -2.62. The van der Waals surface area contributed by atoms with E-state index in [9.17, 15) is 15.0 Å². The molecule has 0 radical (unpaired) electrons.